The van der Waals surface area contributed by atoms with Crippen molar-refractivity contribution in [2.75, 3.05) is 26.7 Å². The van der Waals surface area contributed by atoms with Crippen molar-refractivity contribution >= 4 is 34.9 Å². The largest absolute Gasteiger partial charge is 0.504 e. The zero-order valence-electron chi connectivity index (χ0n) is 16.7. The molecule has 9 heteroatoms. The highest BCUT2D eigenvalue weighted by atomic mass is 32.2. The van der Waals surface area contributed by atoms with Crippen LogP contribution in [0.3, 0.4) is 0 Å². The van der Waals surface area contributed by atoms with E-state index < -0.39 is 0 Å². The third-order valence-electron chi connectivity index (χ3n) is 4.62. The number of hydrogen-bond acceptors (Lipinski definition) is 7. The second kappa shape index (κ2) is 10.3. The van der Waals surface area contributed by atoms with Gasteiger partial charge in [-0.1, -0.05) is 0 Å². The summed E-state index contributed by atoms with van der Waals surface area (Å²) in [7, 11) is 1.73. The molecule has 158 valence electrons. The van der Waals surface area contributed by atoms with Crippen LogP contribution in [0.2, 0.25) is 0 Å². The maximum atomic E-state index is 12.5. The third kappa shape index (κ3) is 5.98. The number of carbonyl (C=O) groups is 3. The highest BCUT2D eigenvalue weighted by Gasteiger charge is 2.34. The topological polar surface area (TPSA) is 124 Å². The van der Waals surface area contributed by atoms with Crippen LogP contribution in [0.25, 0.3) is 6.08 Å². The lowest BCUT2D eigenvalue weighted by molar-refractivity contribution is -0.130. The van der Waals surface area contributed by atoms with Gasteiger partial charge in [0.2, 0.25) is 5.91 Å². The van der Waals surface area contributed by atoms with E-state index in [1.54, 1.807) is 24.9 Å². The standard InChI is InChI=1S/C20H27N3O5S/c1-13-10-14(11-15(24)18(13)26)12-16-19(27)23(20(28)29-16)9-4-3-8-22(2)17(25)6-5-7-21/h10-12,24,26H,3-9,21H2,1-2H3/b16-12-. The van der Waals surface area contributed by atoms with Crippen LogP contribution >= 0.6 is 11.8 Å². The zero-order chi connectivity index (χ0) is 21.6. The molecular formula is C20H27N3O5S. The maximum Gasteiger partial charge on any atom is 0.293 e. The monoisotopic (exact) mass is 421 g/mol. The quantitative estimate of drug-likeness (QED) is 0.318. The zero-order valence-corrected chi connectivity index (χ0v) is 17.5. The van der Waals surface area contributed by atoms with Gasteiger partial charge < -0.3 is 20.8 Å². The predicted octanol–water partition coefficient (Wildman–Crippen LogP) is 2.42. The van der Waals surface area contributed by atoms with Gasteiger partial charge in [0.25, 0.3) is 11.1 Å². The summed E-state index contributed by atoms with van der Waals surface area (Å²) in [6.07, 6.45) is 3.88. The molecule has 8 nitrogen and oxygen atoms in total. The number of phenols is 2. The van der Waals surface area contributed by atoms with Crippen LogP contribution in [0.15, 0.2) is 17.0 Å². The molecule has 0 saturated carbocycles. The lowest BCUT2D eigenvalue weighted by Gasteiger charge is -2.18. The Morgan fingerprint density at radius 2 is 1.97 bits per heavy atom. The molecule has 1 aliphatic heterocycles. The van der Waals surface area contributed by atoms with Crippen molar-refractivity contribution in [3.05, 3.63) is 28.2 Å². The van der Waals surface area contributed by atoms with E-state index in [-0.39, 0.29) is 40.0 Å². The van der Waals surface area contributed by atoms with Gasteiger partial charge in [0, 0.05) is 26.6 Å². The van der Waals surface area contributed by atoms with E-state index in [9.17, 15) is 24.6 Å². The smallest absolute Gasteiger partial charge is 0.293 e. The van der Waals surface area contributed by atoms with Crippen molar-refractivity contribution < 1.29 is 24.6 Å². The van der Waals surface area contributed by atoms with Gasteiger partial charge in [-0.3, -0.25) is 19.3 Å². The van der Waals surface area contributed by atoms with Gasteiger partial charge in [-0.25, -0.2) is 0 Å². The molecule has 0 atom stereocenters. The summed E-state index contributed by atoms with van der Waals surface area (Å²) in [5, 5.41) is 19.0. The number of imide groups is 1. The van der Waals surface area contributed by atoms with E-state index in [1.165, 1.54) is 17.0 Å². The molecular weight excluding hydrogens is 394 g/mol. The number of aromatic hydroxyl groups is 2. The van der Waals surface area contributed by atoms with E-state index in [0.29, 0.717) is 49.9 Å². The fraction of sp³-hybridized carbons (Fsp3) is 0.450. The molecule has 0 bridgehead atoms. The normalized spacial score (nSPS) is 15.4. The lowest BCUT2D eigenvalue weighted by atomic mass is 10.1. The summed E-state index contributed by atoms with van der Waals surface area (Å²) in [4.78, 5) is 39.7. The number of unbranched alkanes of at least 4 members (excludes halogenated alkanes) is 1. The summed E-state index contributed by atoms with van der Waals surface area (Å²) >= 11 is 0.849. The van der Waals surface area contributed by atoms with Gasteiger partial charge in [0.1, 0.15) is 0 Å². The van der Waals surface area contributed by atoms with Gasteiger partial charge in [0.05, 0.1) is 4.91 Å². The first kappa shape index (κ1) is 22.8. The third-order valence-corrected chi connectivity index (χ3v) is 5.53. The predicted molar refractivity (Wildman–Crippen MR) is 112 cm³/mol. The second-order valence-corrected chi connectivity index (χ2v) is 7.95. The molecule has 0 aliphatic carbocycles. The maximum absolute atomic E-state index is 12.5. The van der Waals surface area contributed by atoms with Gasteiger partial charge in [-0.15, -0.1) is 0 Å². The lowest BCUT2D eigenvalue weighted by Crippen LogP contribution is -2.31. The molecule has 1 saturated heterocycles. The number of hydrogen-bond donors (Lipinski definition) is 3. The highest BCUT2D eigenvalue weighted by Crippen LogP contribution is 2.35. The van der Waals surface area contributed by atoms with E-state index in [4.69, 9.17) is 5.73 Å². The number of aryl methyl sites for hydroxylation is 1. The molecule has 4 N–H and O–H groups in total. The first-order chi connectivity index (χ1) is 13.7. The average molecular weight is 422 g/mol. The van der Waals surface area contributed by atoms with E-state index in [2.05, 4.69) is 0 Å². The Hall–Kier alpha value is -2.52. The fourth-order valence-corrected chi connectivity index (χ4v) is 3.77. The summed E-state index contributed by atoms with van der Waals surface area (Å²) in [6, 6.07) is 2.97. The Balaban J connectivity index is 1.90. The molecule has 29 heavy (non-hydrogen) atoms. The Labute approximate surface area is 174 Å². The molecule has 1 aromatic carbocycles. The number of rotatable bonds is 9. The van der Waals surface area contributed by atoms with Gasteiger partial charge >= 0.3 is 0 Å². The molecule has 0 unspecified atom stereocenters. The SMILES string of the molecule is Cc1cc(/C=C2\SC(=O)N(CCCCN(C)C(=O)CCCN)C2=O)cc(O)c1O. The van der Waals surface area contributed by atoms with Crippen molar-refractivity contribution in [3.8, 4) is 11.5 Å². The number of nitrogens with zero attached hydrogens (tertiary/aromatic N) is 2. The van der Waals surface area contributed by atoms with Crippen molar-refractivity contribution in [2.24, 2.45) is 5.73 Å². The van der Waals surface area contributed by atoms with Crippen LogP contribution < -0.4 is 5.73 Å². The van der Waals surface area contributed by atoms with Crippen molar-refractivity contribution in [2.45, 2.75) is 32.6 Å². The Morgan fingerprint density at radius 3 is 2.62 bits per heavy atom. The molecule has 0 spiro atoms. The van der Waals surface area contributed by atoms with Gasteiger partial charge in [0.15, 0.2) is 11.5 Å². The van der Waals surface area contributed by atoms with Crippen molar-refractivity contribution in [3.63, 3.8) is 0 Å². The number of amides is 3. The molecule has 1 fully saturated rings. The fourth-order valence-electron chi connectivity index (χ4n) is 2.90. The van der Waals surface area contributed by atoms with E-state index in [0.717, 1.165) is 11.8 Å². The molecule has 1 aromatic rings. The molecule has 1 heterocycles. The first-order valence-corrected chi connectivity index (χ1v) is 10.3. The molecule has 2 rings (SSSR count). The molecule has 0 radical (unpaired) electrons. The van der Waals surface area contributed by atoms with Crippen LogP contribution in [-0.4, -0.2) is 63.7 Å². The average Bonchev–Trinajstić information content (AvgIpc) is 2.94. The Morgan fingerprint density at radius 1 is 1.24 bits per heavy atom. The highest BCUT2D eigenvalue weighted by molar-refractivity contribution is 8.18. The first-order valence-electron chi connectivity index (χ1n) is 9.46. The summed E-state index contributed by atoms with van der Waals surface area (Å²) in [5.41, 5.74) is 6.41. The number of thioether (sulfide) groups is 1. The molecule has 1 aliphatic rings. The Kier molecular flexibility index (Phi) is 8.10. The van der Waals surface area contributed by atoms with Crippen LogP contribution in [-0.2, 0) is 9.59 Å². The number of nitrogens with two attached hydrogens (primary N) is 1. The second-order valence-electron chi connectivity index (χ2n) is 6.95. The number of carbonyl (C=O) groups excluding carboxylic acids is 3. The van der Waals surface area contributed by atoms with Gasteiger partial charge in [-0.05, 0) is 73.8 Å². The van der Waals surface area contributed by atoms with E-state index in [1.807, 2.05) is 0 Å². The van der Waals surface area contributed by atoms with E-state index >= 15 is 0 Å². The number of benzene rings is 1. The van der Waals surface area contributed by atoms with Crippen LogP contribution in [0.1, 0.15) is 36.8 Å². The van der Waals surface area contributed by atoms with Crippen molar-refractivity contribution in [1.82, 2.24) is 9.80 Å². The van der Waals surface area contributed by atoms with Crippen molar-refractivity contribution in [1.29, 1.82) is 0 Å². The molecule has 3 amide bonds. The summed E-state index contributed by atoms with van der Waals surface area (Å²) in [6.45, 7) is 2.96. The van der Waals surface area contributed by atoms with Gasteiger partial charge in [-0.2, -0.15) is 0 Å². The minimum Gasteiger partial charge on any atom is -0.504 e. The Bertz CT molecular complexity index is 801. The summed E-state index contributed by atoms with van der Waals surface area (Å²) in [5.74, 6) is -0.822. The molecule has 0 aromatic heterocycles. The van der Waals surface area contributed by atoms with Crippen LogP contribution in [0, 0.1) is 6.92 Å². The van der Waals surface area contributed by atoms with Crippen LogP contribution in [0.5, 0.6) is 11.5 Å². The minimum atomic E-state index is -0.377. The number of phenolic OH excluding ortho intramolecular Hbond substituents is 2. The summed E-state index contributed by atoms with van der Waals surface area (Å²) < 4.78 is 0. The van der Waals surface area contributed by atoms with Crippen LogP contribution in [0.4, 0.5) is 4.79 Å². The minimum absolute atomic E-state index is 0.0389.